The molecule has 0 radical (unpaired) electrons. The van der Waals surface area contributed by atoms with E-state index in [1.165, 1.54) is 13.0 Å². The number of aliphatic hydroxyl groups excluding tert-OH is 1. The van der Waals surface area contributed by atoms with E-state index in [1.807, 2.05) is 32.9 Å². The molecule has 0 saturated carbocycles. The number of carbonyl (C=O) groups excluding carboxylic acids is 2. The average molecular weight is 512 g/mol. The SMILES string of the molecule is CC(=O)O[C@@H](C)/C=C\C(=O)N[C@@H]1C[C@H](C)[C@H](C/C=C(C)/C=C/[C@H]2OCCC(C)(CCl)[C@@H]2O)O[C@@H]1C. The van der Waals surface area contributed by atoms with Crippen LogP contribution in [-0.4, -0.2) is 66.0 Å². The van der Waals surface area contributed by atoms with Gasteiger partial charge in [0.2, 0.25) is 5.91 Å². The highest BCUT2D eigenvalue weighted by atomic mass is 35.5. The minimum absolute atomic E-state index is 0.0529. The molecular weight excluding hydrogens is 470 g/mol. The largest absolute Gasteiger partial charge is 0.459 e. The van der Waals surface area contributed by atoms with Crippen molar-refractivity contribution in [3.63, 3.8) is 0 Å². The van der Waals surface area contributed by atoms with E-state index >= 15 is 0 Å². The van der Waals surface area contributed by atoms with E-state index in [0.29, 0.717) is 12.5 Å². The van der Waals surface area contributed by atoms with Gasteiger partial charge in [-0.2, -0.15) is 0 Å². The zero-order chi connectivity index (χ0) is 26.2. The number of hydrogen-bond donors (Lipinski definition) is 2. The molecule has 0 spiro atoms. The van der Waals surface area contributed by atoms with Gasteiger partial charge in [-0.15, -0.1) is 11.6 Å². The summed E-state index contributed by atoms with van der Waals surface area (Å²) in [5.74, 6) is 0.0530. The third-order valence-corrected chi connectivity index (χ3v) is 7.56. The molecule has 2 saturated heterocycles. The predicted molar refractivity (Wildman–Crippen MR) is 137 cm³/mol. The van der Waals surface area contributed by atoms with Gasteiger partial charge in [-0.3, -0.25) is 9.59 Å². The molecule has 0 aromatic heterocycles. The Labute approximate surface area is 214 Å². The number of alkyl halides is 1. The maximum atomic E-state index is 12.3. The number of halogens is 1. The van der Waals surface area contributed by atoms with Crippen LogP contribution < -0.4 is 5.32 Å². The van der Waals surface area contributed by atoms with Crippen molar-refractivity contribution < 1.29 is 28.9 Å². The number of rotatable bonds is 9. The summed E-state index contributed by atoms with van der Waals surface area (Å²) in [5, 5.41) is 13.6. The second-order valence-corrected chi connectivity index (χ2v) is 10.5. The van der Waals surface area contributed by atoms with Crippen LogP contribution >= 0.6 is 11.6 Å². The van der Waals surface area contributed by atoms with Crippen LogP contribution in [0.25, 0.3) is 0 Å². The molecule has 2 N–H and O–H groups in total. The lowest BCUT2D eigenvalue weighted by atomic mass is 9.78. The fourth-order valence-electron chi connectivity index (χ4n) is 4.45. The number of aliphatic hydroxyl groups is 1. The van der Waals surface area contributed by atoms with Gasteiger partial charge >= 0.3 is 5.97 Å². The van der Waals surface area contributed by atoms with Gasteiger partial charge < -0.3 is 24.6 Å². The molecule has 1 amide bonds. The quantitative estimate of drug-likeness (QED) is 0.210. The Bertz CT molecular complexity index is 811. The maximum Gasteiger partial charge on any atom is 0.303 e. The molecule has 0 aliphatic carbocycles. The van der Waals surface area contributed by atoms with Crippen LogP contribution in [0.1, 0.15) is 60.8 Å². The Balaban J connectivity index is 1.85. The average Bonchev–Trinajstić information content (AvgIpc) is 2.79. The first kappa shape index (κ1) is 29.6. The molecule has 198 valence electrons. The van der Waals surface area contributed by atoms with Crippen molar-refractivity contribution in [2.45, 2.75) is 97.4 Å². The Hall–Kier alpha value is -1.67. The molecule has 0 bridgehead atoms. The van der Waals surface area contributed by atoms with Gasteiger partial charge in [-0.25, -0.2) is 0 Å². The zero-order valence-electron chi connectivity index (χ0n) is 21.8. The first-order valence-electron chi connectivity index (χ1n) is 12.5. The van der Waals surface area contributed by atoms with Crippen LogP contribution in [0.15, 0.2) is 36.0 Å². The van der Waals surface area contributed by atoms with Gasteiger partial charge in [0.1, 0.15) is 12.2 Å². The van der Waals surface area contributed by atoms with Crippen LogP contribution in [0.5, 0.6) is 0 Å². The fourth-order valence-corrected chi connectivity index (χ4v) is 4.75. The van der Waals surface area contributed by atoms with E-state index in [9.17, 15) is 14.7 Å². The number of amides is 1. The monoisotopic (exact) mass is 511 g/mol. The molecule has 2 fully saturated rings. The molecule has 2 aliphatic rings. The van der Waals surface area contributed by atoms with Crippen molar-refractivity contribution in [2.75, 3.05) is 12.5 Å². The minimum Gasteiger partial charge on any atom is -0.459 e. The number of ether oxygens (including phenoxy) is 3. The van der Waals surface area contributed by atoms with Gasteiger partial charge in [-0.05, 0) is 52.0 Å². The van der Waals surface area contributed by atoms with Gasteiger partial charge in [0, 0.05) is 30.9 Å². The van der Waals surface area contributed by atoms with Crippen molar-refractivity contribution >= 4 is 23.5 Å². The molecule has 8 heteroatoms. The maximum absolute atomic E-state index is 12.3. The third-order valence-electron chi connectivity index (χ3n) is 6.95. The molecule has 7 nitrogen and oxygen atoms in total. The third kappa shape index (κ3) is 9.05. The standard InChI is InChI=1S/C27H42ClNO6/c1-17(8-11-24-26(32)27(6,16-28)13-14-33-24)7-10-23-18(2)15-22(20(4)35-23)29-25(31)12-9-19(3)34-21(5)30/h7-9,11-12,18-20,22-24,26,32H,10,13-16H2,1-6H3,(H,29,31)/b11-8+,12-9-,17-7+/t18-,19-,20+,22+,23-,24+,26+,27?/m0/s1. The summed E-state index contributed by atoms with van der Waals surface area (Å²) in [4.78, 5) is 23.3. The molecule has 8 atom stereocenters. The molecular formula is C27H42ClNO6. The fraction of sp³-hybridized carbons (Fsp3) is 0.704. The molecule has 2 heterocycles. The van der Waals surface area contributed by atoms with E-state index in [-0.39, 0.29) is 47.6 Å². The van der Waals surface area contributed by atoms with Gasteiger partial charge in [0.25, 0.3) is 0 Å². The summed E-state index contributed by atoms with van der Waals surface area (Å²) in [6, 6.07) is -0.0893. The lowest BCUT2D eigenvalue weighted by molar-refractivity contribution is -0.143. The van der Waals surface area contributed by atoms with Crippen LogP contribution in [0, 0.1) is 11.3 Å². The van der Waals surface area contributed by atoms with Crippen LogP contribution in [0.2, 0.25) is 0 Å². The van der Waals surface area contributed by atoms with Crippen molar-refractivity contribution in [2.24, 2.45) is 11.3 Å². The van der Waals surface area contributed by atoms with Crippen LogP contribution in [-0.2, 0) is 23.8 Å². The molecule has 1 unspecified atom stereocenters. The van der Waals surface area contributed by atoms with E-state index in [4.69, 9.17) is 25.8 Å². The second-order valence-electron chi connectivity index (χ2n) is 10.2. The first-order valence-corrected chi connectivity index (χ1v) is 13.0. The number of allylic oxidation sites excluding steroid dienone is 2. The lowest BCUT2D eigenvalue weighted by Crippen LogP contribution is -2.50. The normalized spacial score (nSPS) is 35.3. The highest BCUT2D eigenvalue weighted by Gasteiger charge is 2.40. The smallest absolute Gasteiger partial charge is 0.303 e. The second kappa shape index (κ2) is 13.6. The Morgan fingerprint density at radius 1 is 1.29 bits per heavy atom. The first-order chi connectivity index (χ1) is 16.4. The number of hydrogen-bond acceptors (Lipinski definition) is 6. The minimum atomic E-state index is -0.632. The van der Waals surface area contributed by atoms with Crippen molar-refractivity contribution in [3.8, 4) is 0 Å². The molecule has 2 rings (SSSR count). The summed E-state index contributed by atoms with van der Waals surface area (Å²) in [6.07, 6.45) is 9.79. The van der Waals surface area contributed by atoms with Crippen molar-refractivity contribution in [1.29, 1.82) is 0 Å². The van der Waals surface area contributed by atoms with E-state index in [1.54, 1.807) is 13.0 Å². The zero-order valence-corrected chi connectivity index (χ0v) is 22.6. The van der Waals surface area contributed by atoms with Gasteiger partial charge in [-0.1, -0.05) is 37.6 Å². The van der Waals surface area contributed by atoms with Crippen LogP contribution in [0.4, 0.5) is 0 Å². The summed E-state index contributed by atoms with van der Waals surface area (Å²) in [6.45, 7) is 11.7. The molecule has 2 aliphatic heterocycles. The predicted octanol–water partition coefficient (Wildman–Crippen LogP) is 4.08. The molecule has 0 aromatic carbocycles. The Morgan fingerprint density at radius 3 is 2.66 bits per heavy atom. The highest BCUT2D eigenvalue weighted by molar-refractivity contribution is 6.18. The highest BCUT2D eigenvalue weighted by Crippen LogP contribution is 2.35. The summed E-state index contributed by atoms with van der Waals surface area (Å²) < 4.78 is 17.0. The van der Waals surface area contributed by atoms with Gasteiger partial charge in [0.05, 0.1) is 24.4 Å². The summed E-state index contributed by atoms with van der Waals surface area (Å²) in [7, 11) is 0. The summed E-state index contributed by atoms with van der Waals surface area (Å²) >= 11 is 6.08. The molecule has 0 aromatic rings. The Morgan fingerprint density at radius 2 is 2.00 bits per heavy atom. The van der Waals surface area contributed by atoms with Crippen molar-refractivity contribution in [1.82, 2.24) is 5.32 Å². The van der Waals surface area contributed by atoms with E-state index in [2.05, 4.69) is 18.3 Å². The number of nitrogens with one attached hydrogen (secondary N) is 1. The Kier molecular flexibility index (Phi) is 11.5. The van der Waals surface area contributed by atoms with Crippen LogP contribution in [0.3, 0.4) is 0 Å². The number of carbonyl (C=O) groups is 2. The lowest BCUT2D eigenvalue weighted by Gasteiger charge is -2.40. The van der Waals surface area contributed by atoms with Gasteiger partial charge in [0.15, 0.2) is 0 Å². The summed E-state index contributed by atoms with van der Waals surface area (Å²) in [5.41, 5.74) is 0.737. The van der Waals surface area contributed by atoms with E-state index in [0.717, 1.165) is 24.8 Å². The van der Waals surface area contributed by atoms with E-state index < -0.39 is 12.2 Å². The van der Waals surface area contributed by atoms with Crippen molar-refractivity contribution in [3.05, 3.63) is 36.0 Å². The number of esters is 1. The molecule has 35 heavy (non-hydrogen) atoms. The topological polar surface area (TPSA) is 94.1 Å².